The van der Waals surface area contributed by atoms with E-state index in [2.05, 4.69) is 10.4 Å². The highest BCUT2D eigenvalue weighted by Gasteiger charge is 2.17. The van der Waals surface area contributed by atoms with Gasteiger partial charge in [0.15, 0.2) is 0 Å². The molecule has 0 unspecified atom stereocenters. The Morgan fingerprint density at radius 3 is 2.47 bits per heavy atom. The Balaban J connectivity index is 1.42. The number of nitrogens with zero attached hydrogens (tertiary/aromatic N) is 3. The molecule has 0 aliphatic heterocycles. The lowest BCUT2D eigenvalue weighted by Gasteiger charge is -2.06. The van der Waals surface area contributed by atoms with E-state index in [9.17, 15) is 14.9 Å². The summed E-state index contributed by atoms with van der Waals surface area (Å²) in [6, 6.07) is 20.9. The first-order valence-corrected chi connectivity index (χ1v) is 10.1. The maximum Gasteiger partial charge on any atom is 0.390 e. The zero-order chi connectivity index (χ0) is 21.1. The number of hydrogen-bond acceptors (Lipinski definition) is 5. The Hall–Kier alpha value is -3.78. The zero-order valence-corrected chi connectivity index (χ0v) is 16.9. The molecule has 7 nitrogen and oxygen atoms in total. The van der Waals surface area contributed by atoms with Crippen LogP contribution in [0.1, 0.15) is 20.9 Å². The quantitative estimate of drug-likeness (QED) is 0.347. The van der Waals surface area contributed by atoms with E-state index in [1.807, 2.05) is 60.0 Å². The molecule has 0 bridgehead atoms. The second-order valence-electron chi connectivity index (χ2n) is 6.78. The summed E-state index contributed by atoms with van der Waals surface area (Å²) in [6.07, 6.45) is 0. The largest absolute Gasteiger partial charge is 0.390 e. The first-order valence-electron chi connectivity index (χ1n) is 9.23. The molecule has 2 aromatic carbocycles. The summed E-state index contributed by atoms with van der Waals surface area (Å²) < 4.78 is 1.56. The third-order valence-corrected chi connectivity index (χ3v) is 5.59. The van der Waals surface area contributed by atoms with Crippen molar-refractivity contribution in [1.29, 1.82) is 0 Å². The second kappa shape index (κ2) is 8.30. The Kier molecular flexibility index (Phi) is 5.40. The van der Waals surface area contributed by atoms with E-state index in [4.69, 9.17) is 0 Å². The molecule has 0 aliphatic carbocycles. The minimum atomic E-state index is -0.515. The van der Waals surface area contributed by atoms with Crippen LogP contribution in [0.3, 0.4) is 0 Å². The van der Waals surface area contributed by atoms with Gasteiger partial charge in [-0.15, -0.1) is 11.3 Å². The van der Waals surface area contributed by atoms with Gasteiger partial charge in [0.05, 0.1) is 28.3 Å². The van der Waals surface area contributed by atoms with Crippen molar-refractivity contribution in [3.8, 4) is 11.1 Å². The molecule has 1 amide bonds. The van der Waals surface area contributed by atoms with Gasteiger partial charge < -0.3 is 15.4 Å². The van der Waals surface area contributed by atoms with Crippen LogP contribution in [0.4, 0.5) is 11.5 Å². The summed E-state index contributed by atoms with van der Waals surface area (Å²) >= 11 is 1.33. The number of nitrogens with one attached hydrogen (secondary N) is 1. The van der Waals surface area contributed by atoms with Crippen LogP contribution in [0, 0.1) is 17.0 Å². The molecule has 4 rings (SSSR count). The zero-order valence-electron chi connectivity index (χ0n) is 16.1. The summed E-state index contributed by atoms with van der Waals surface area (Å²) in [7, 11) is 0. The highest BCUT2D eigenvalue weighted by molar-refractivity contribution is 7.12. The van der Waals surface area contributed by atoms with Crippen LogP contribution >= 0.6 is 11.3 Å². The van der Waals surface area contributed by atoms with Gasteiger partial charge in [-0.25, -0.2) is 0 Å². The smallest absolute Gasteiger partial charge is 0.358 e. The molecule has 8 heteroatoms. The van der Waals surface area contributed by atoms with E-state index < -0.39 is 4.92 Å². The van der Waals surface area contributed by atoms with E-state index in [1.54, 1.807) is 17.7 Å². The number of carbonyl (C=O) groups is 1. The Morgan fingerprint density at radius 1 is 1.10 bits per heavy atom. The molecular formula is C22H18N4O3S. The van der Waals surface area contributed by atoms with Gasteiger partial charge in [-0.3, -0.25) is 4.79 Å². The van der Waals surface area contributed by atoms with E-state index in [0.29, 0.717) is 22.8 Å². The van der Waals surface area contributed by atoms with Crippen LogP contribution in [0.2, 0.25) is 0 Å². The summed E-state index contributed by atoms with van der Waals surface area (Å²) in [5, 5.41) is 19.6. The molecule has 0 radical (unpaired) electrons. The molecule has 0 atom stereocenters. The van der Waals surface area contributed by atoms with Crippen LogP contribution in [0.15, 0.2) is 72.1 Å². The normalized spacial score (nSPS) is 10.7. The molecule has 0 aliphatic rings. The molecule has 0 saturated carbocycles. The summed E-state index contributed by atoms with van der Waals surface area (Å²) in [4.78, 5) is 23.5. The predicted molar refractivity (Wildman–Crippen MR) is 117 cm³/mol. The third kappa shape index (κ3) is 4.28. The minimum Gasteiger partial charge on any atom is -0.358 e. The van der Waals surface area contributed by atoms with Gasteiger partial charge in [0.2, 0.25) is 0 Å². The standard InChI is InChI=1S/C22H18N4O3S/c1-15-11-21(26(28)29)24-25(15)13-16-12-20(30-14-16)22(27)23-19-9-7-18(8-10-19)17-5-3-2-4-6-17/h2-12,14H,13H2,1H3,(H,23,27). The van der Waals surface area contributed by atoms with E-state index in [-0.39, 0.29) is 11.7 Å². The molecule has 4 aromatic rings. The molecule has 0 spiro atoms. The fourth-order valence-electron chi connectivity index (χ4n) is 3.06. The van der Waals surface area contributed by atoms with Crippen molar-refractivity contribution >= 4 is 28.7 Å². The monoisotopic (exact) mass is 418 g/mol. The number of nitro groups is 1. The van der Waals surface area contributed by atoms with E-state index >= 15 is 0 Å². The predicted octanol–water partition coefficient (Wildman–Crippen LogP) is 5.13. The van der Waals surface area contributed by atoms with Crippen molar-refractivity contribution in [3.63, 3.8) is 0 Å². The Labute approximate surface area is 176 Å². The average molecular weight is 418 g/mol. The fourth-order valence-corrected chi connectivity index (χ4v) is 3.86. The lowest BCUT2D eigenvalue weighted by atomic mass is 10.1. The summed E-state index contributed by atoms with van der Waals surface area (Å²) in [5.74, 6) is -0.374. The molecule has 30 heavy (non-hydrogen) atoms. The van der Waals surface area contributed by atoms with Gasteiger partial charge in [-0.1, -0.05) is 42.5 Å². The van der Waals surface area contributed by atoms with Gasteiger partial charge >= 0.3 is 5.82 Å². The average Bonchev–Trinajstić information content (AvgIpc) is 3.37. The molecule has 2 heterocycles. The lowest BCUT2D eigenvalue weighted by molar-refractivity contribution is -0.389. The van der Waals surface area contributed by atoms with Gasteiger partial charge in [0.1, 0.15) is 0 Å². The molecule has 150 valence electrons. The number of amides is 1. The van der Waals surface area contributed by atoms with Crippen LogP contribution in [0.5, 0.6) is 0 Å². The van der Waals surface area contributed by atoms with Gasteiger partial charge in [-0.05, 0) is 52.1 Å². The molecule has 2 aromatic heterocycles. The number of carbonyl (C=O) groups excluding carboxylic acids is 1. The van der Waals surface area contributed by atoms with Crippen LogP contribution in [-0.2, 0) is 6.54 Å². The van der Waals surface area contributed by atoms with E-state index in [0.717, 1.165) is 16.7 Å². The minimum absolute atomic E-state index is 0.181. The second-order valence-corrected chi connectivity index (χ2v) is 7.69. The van der Waals surface area contributed by atoms with Crippen molar-refractivity contribution < 1.29 is 9.72 Å². The van der Waals surface area contributed by atoms with Crippen molar-refractivity contribution in [1.82, 2.24) is 9.78 Å². The maximum absolute atomic E-state index is 12.6. The Morgan fingerprint density at radius 2 is 1.80 bits per heavy atom. The van der Waals surface area contributed by atoms with Crippen LogP contribution < -0.4 is 5.32 Å². The number of thiophene rings is 1. The fraction of sp³-hybridized carbons (Fsp3) is 0.0909. The summed E-state index contributed by atoms with van der Waals surface area (Å²) in [6.45, 7) is 2.13. The lowest BCUT2D eigenvalue weighted by Crippen LogP contribution is -2.10. The van der Waals surface area contributed by atoms with Crippen LogP contribution in [-0.4, -0.2) is 20.6 Å². The van der Waals surface area contributed by atoms with Crippen molar-refractivity contribution in [2.24, 2.45) is 0 Å². The SMILES string of the molecule is Cc1cc([N+](=O)[O-])nn1Cc1csc(C(=O)Nc2ccc(-c3ccccc3)cc2)c1. The maximum atomic E-state index is 12.6. The van der Waals surface area contributed by atoms with Crippen molar-refractivity contribution in [2.75, 3.05) is 5.32 Å². The van der Waals surface area contributed by atoms with Gasteiger partial charge in [-0.2, -0.15) is 4.68 Å². The number of aryl methyl sites for hydroxylation is 1. The number of aromatic nitrogens is 2. The first kappa shape index (κ1) is 19.5. The summed E-state index contributed by atoms with van der Waals surface area (Å²) in [5.41, 5.74) is 4.47. The van der Waals surface area contributed by atoms with Gasteiger partial charge in [0, 0.05) is 5.69 Å². The van der Waals surface area contributed by atoms with E-state index in [1.165, 1.54) is 17.4 Å². The highest BCUT2D eigenvalue weighted by atomic mass is 32.1. The number of benzene rings is 2. The number of hydrogen-bond donors (Lipinski definition) is 1. The van der Waals surface area contributed by atoms with Gasteiger partial charge in [0.25, 0.3) is 5.91 Å². The first-order chi connectivity index (χ1) is 14.5. The number of rotatable bonds is 6. The molecule has 1 N–H and O–H groups in total. The third-order valence-electron chi connectivity index (χ3n) is 4.62. The Bertz CT molecular complexity index is 1200. The topological polar surface area (TPSA) is 90.1 Å². The molecular weight excluding hydrogens is 400 g/mol. The number of anilines is 1. The highest BCUT2D eigenvalue weighted by Crippen LogP contribution is 2.23. The molecule has 0 fully saturated rings. The molecule has 0 saturated heterocycles. The van der Waals surface area contributed by atoms with Crippen LogP contribution in [0.25, 0.3) is 11.1 Å². The van der Waals surface area contributed by atoms with Crippen molar-refractivity contribution in [2.45, 2.75) is 13.5 Å². The van der Waals surface area contributed by atoms with Crippen molar-refractivity contribution in [3.05, 3.63) is 98.4 Å².